The Bertz CT molecular complexity index is 1600. The van der Waals surface area contributed by atoms with Crippen LogP contribution < -0.4 is 10.5 Å². The molecular formula is C28H29N5O3S. The van der Waals surface area contributed by atoms with Gasteiger partial charge in [0.2, 0.25) is 5.88 Å². The Morgan fingerprint density at radius 1 is 1.14 bits per heavy atom. The summed E-state index contributed by atoms with van der Waals surface area (Å²) in [6, 6.07) is 13.8. The molecule has 4 heterocycles. The monoisotopic (exact) mass is 515 g/mol. The van der Waals surface area contributed by atoms with Gasteiger partial charge in [-0.15, -0.1) is 0 Å². The topological polar surface area (TPSA) is 109 Å². The molecule has 5 aromatic rings. The van der Waals surface area contributed by atoms with E-state index in [0.29, 0.717) is 24.6 Å². The minimum absolute atomic E-state index is 0.102. The first kappa shape index (κ1) is 23.8. The standard InChI is InChI=1S/C28H29N5O3S/c1-27(2,3)23-14-19(32-36-23)13-20(34)12-17-4-6-18(7-5-17)21-15-33-22-8-9-24(35-16-28(29)10-11-28)31-25(22)37-26(33)30-21/h4-9,14-15H,10-13,16,29H2,1-3H3. The number of hydrogen-bond donors (Lipinski definition) is 1. The first-order valence-electron chi connectivity index (χ1n) is 12.4. The molecule has 2 N–H and O–H groups in total. The molecule has 1 saturated carbocycles. The zero-order chi connectivity index (χ0) is 25.8. The highest BCUT2D eigenvalue weighted by Gasteiger charge is 2.39. The van der Waals surface area contributed by atoms with Crippen molar-refractivity contribution in [1.82, 2.24) is 19.5 Å². The van der Waals surface area contributed by atoms with Crippen LogP contribution >= 0.6 is 11.3 Å². The number of ketones is 1. The predicted molar refractivity (Wildman–Crippen MR) is 143 cm³/mol. The molecule has 1 aromatic carbocycles. The van der Waals surface area contributed by atoms with E-state index in [1.165, 1.54) is 11.3 Å². The molecule has 9 heteroatoms. The second-order valence-corrected chi connectivity index (χ2v) is 12.0. The van der Waals surface area contributed by atoms with Crippen LogP contribution in [0.25, 0.3) is 26.6 Å². The van der Waals surface area contributed by atoms with E-state index in [9.17, 15) is 4.79 Å². The molecule has 1 aliphatic rings. The fraction of sp³-hybridized carbons (Fsp3) is 0.357. The molecule has 0 aliphatic heterocycles. The van der Waals surface area contributed by atoms with E-state index in [1.54, 1.807) is 0 Å². The fourth-order valence-electron chi connectivity index (χ4n) is 4.15. The number of benzene rings is 1. The highest BCUT2D eigenvalue weighted by Crippen LogP contribution is 2.34. The second kappa shape index (κ2) is 8.78. The molecule has 8 nitrogen and oxygen atoms in total. The maximum absolute atomic E-state index is 12.6. The van der Waals surface area contributed by atoms with Crippen molar-refractivity contribution in [2.75, 3.05) is 6.61 Å². The highest BCUT2D eigenvalue weighted by atomic mass is 32.1. The number of imidazole rings is 1. The van der Waals surface area contributed by atoms with Gasteiger partial charge >= 0.3 is 0 Å². The number of carbonyl (C=O) groups excluding carboxylic acids is 1. The van der Waals surface area contributed by atoms with Crippen LogP contribution in [-0.2, 0) is 23.1 Å². The number of thiazole rings is 1. The lowest BCUT2D eigenvalue weighted by atomic mass is 9.93. The van der Waals surface area contributed by atoms with E-state index in [4.69, 9.17) is 20.0 Å². The van der Waals surface area contributed by atoms with Crippen LogP contribution in [0.1, 0.15) is 50.6 Å². The van der Waals surface area contributed by atoms with Gasteiger partial charge in [-0.25, -0.2) is 9.97 Å². The molecule has 1 aliphatic carbocycles. The maximum Gasteiger partial charge on any atom is 0.214 e. The minimum atomic E-state index is -0.175. The predicted octanol–water partition coefficient (Wildman–Crippen LogP) is 5.12. The van der Waals surface area contributed by atoms with Crippen molar-refractivity contribution < 1.29 is 14.1 Å². The molecule has 0 radical (unpaired) electrons. The molecule has 0 amide bonds. The van der Waals surface area contributed by atoms with Crippen LogP contribution in [0.4, 0.5) is 0 Å². The quantitative estimate of drug-likeness (QED) is 0.305. The summed E-state index contributed by atoms with van der Waals surface area (Å²) in [6.07, 6.45) is 4.64. The lowest BCUT2D eigenvalue weighted by molar-refractivity contribution is -0.117. The summed E-state index contributed by atoms with van der Waals surface area (Å²) < 4.78 is 13.3. The third-order valence-corrected chi connectivity index (χ3v) is 7.63. The molecule has 0 spiro atoms. The third-order valence-electron chi connectivity index (χ3n) is 6.66. The number of nitrogens with two attached hydrogens (primary N) is 1. The van der Waals surface area contributed by atoms with Crippen molar-refractivity contribution in [1.29, 1.82) is 0 Å². The van der Waals surface area contributed by atoms with Crippen molar-refractivity contribution in [2.24, 2.45) is 5.73 Å². The van der Waals surface area contributed by atoms with Gasteiger partial charge < -0.3 is 15.0 Å². The van der Waals surface area contributed by atoms with Crippen LogP contribution in [0.3, 0.4) is 0 Å². The van der Waals surface area contributed by atoms with E-state index in [-0.39, 0.29) is 23.2 Å². The Morgan fingerprint density at radius 3 is 2.62 bits per heavy atom. The van der Waals surface area contributed by atoms with Crippen LogP contribution in [0.2, 0.25) is 0 Å². The molecule has 0 bridgehead atoms. The molecular weight excluding hydrogens is 486 g/mol. The molecule has 0 atom stereocenters. The smallest absolute Gasteiger partial charge is 0.214 e. The van der Waals surface area contributed by atoms with Gasteiger partial charge in [0.15, 0.2) is 4.96 Å². The molecule has 190 valence electrons. The summed E-state index contributed by atoms with van der Waals surface area (Å²) in [5, 5.41) is 4.06. The summed E-state index contributed by atoms with van der Waals surface area (Å²) in [6.45, 7) is 6.67. The van der Waals surface area contributed by atoms with E-state index in [2.05, 4.69) is 35.3 Å². The number of carbonyl (C=O) groups is 1. The zero-order valence-electron chi connectivity index (χ0n) is 21.2. The molecule has 6 rings (SSSR count). The van der Waals surface area contributed by atoms with E-state index in [1.807, 2.05) is 48.7 Å². The summed E-state index contributed by atoms with van der Waals surface area (Å²) >= 11 is 1.53. The number of aromatic nitrogens is 4. The van der Waals surface area contributed by atoms with Crippen LogP contribution in [0.5, 0.6) is 5.88 Å². The summed E-state index contributed by atoms with van der Waals surface area (Å²) in [5.74, 6) is 1.48. The number of rotatable bonds is 8. The Kier molecular flexibility index (Phi) is 5.65. The summed E-state index contributed by atoms with van der Waals surface area (Å²) in [7, 11) is 0. The van der Waals surface area contributed by atoms with Gasteiger partial charge in [0.25, 0.3) is 0 Å². The van der Waals surface area contributed by atoms with Crippen molar-refractivity contribution >= 4 is 32.4 Å². The lowest BCUT2D eigenvalue weighted by Crippen LogP contribution is -2.29. The molecule has 1 fully saturated rings. The number of fused-ring (bicyclic) bond motifs is 3. The molecule has 0 unspecified atom stereocenters. The van der Waals surface area contributed by atoms with E-state index >= 15 is 0 Å². The maximum atomic E-state index is 12.6. The van der Waals surface area contributed by atoms with E-state index < -0.39 is 0 Å². The average Bonchev–Trinajstić information content (AvgIpc) is 3.19. The van der Waals surface area contributed by atoms with Gasteiger partial charge in [-0.1, -0.05) is 61.5 Å². The third kappa shape index (κ3) is 5.01. The van der Waals surface area contributed by atoms with Crippen molar-refractivity contribution in [3.8, 4) is 17.1 Å². The van der Waals surface area contributed by atoms with Gasteiger partial charge in [0, 0.05) is 35.7 Å². The Hall–Kier alpha value is -3.56. The minimum Gasteiger partial charge on any atom is -0.476 e. The van der Waals surface area contributed by atoms with Crippen molar-refractivity contribution in [3.05, 3.63) is 65.7 Å². The zero-order valence-corrected chi connectivity index (χ0v) is 22.0. The fourth-order valence-corrected chi connectivity index (χ4v) is 5.12. The van der Waals surface area contributed by atoms with Gasteiger partial charge in [-0.3, -0.25) is 9.20 Å². The van der Waals surface area contributed by atoms with Gasteiger partial charge in [-0.05, 0) is 24.5 Å². The first-order valence-corrected chi connectivity index (χ1v) is 13.2. The van der Waals surface area contributed by atoms with Gasteiger partial charge in [0.05, 0.1) is 28.9 Å². The largest absolute Gasteiger partial charge is 0.476 e. The SMILES string of the molecule is CC(C)(C)c1cc(CC(=O)Cc2ccc(-c3cn4c(n3)sc3nc(OCC5(N)CC5)ccc34)cc2)no1. The van der Waals surface area contributed by atoms with Crippen molar-refractivity contribution in [2.45, 2.75) is 57.4 Å². The van der Waals surface area contributed by atoms with Crippen LogP contribution in [0, 0.1) is 0 Å². The normalized spacial score (nSPS) is 14.9. The number of hydrogen-bond acceptors (Lipinski definition) is 8. The highest BCUT2D eigenvalue weighted by molar-refractivity contribution is 7.23. The van der Waals surface area contributed by atoms with Crippen molar-refractivity contribution in [3.63, 3.8) is 0 Å². The Morgan fingerprint density at radius 2 is 1.92 bits per heavy atom. The Balaban J connectivity index is 1.13. The van der Waals surface area contributed by atoms with Crippen LogP contribution in [-0.4, -0.2) is 37.5 Å². The second-order valence-electron chi connectivity index (χ2n) is 11.0. The Labute approximate surface area is 218 Å². The molecule has 0 saturated heterocycles. The lowest BCUT2D eigenvalue weighted by Gasteiger charge is -2.12. The number of nitrogens with zero attached hydrogens (tertiary/aromatic N) is 4. The summed E-state index contributed by atoms with van der Waals surface area (Å²) in [5.41, 5.74) is 10.3. The first-order chi connectivity index (χ1) is 17.6. The van der Waals surface area contributed by atoms with Gasteiger partial charge in [-0.2, -0.15) is 0 Å². The molecule has 4 aromatic heterocycles. The number of pyridine rings is 1. The van der Waals surface area contributed by atoms with E-state index in [0.717, 1.165) is 50.7 Å². The summed E-state index contributed by atoms with van der Waals surface area (Å²) in [4.78, 5) is 23.8. The van der Waals surface area contributed by atoms with Gasteiger partial charge in [0.1, 0.15) is 23.0 Å². The molecule has 37 heavy (non-hydrogen) atoms. The number of ether oxygens (including phenoxy) is 1. The number of Topliss-reactive ketones (excluding diaryl/α,β-unsaturated/α-hetero) is 1. The average molecular weight is 516 g/mol. The van der Waals surface area contributed by atoms with Crippen LogP contribution in [0.15, 0.2) is 53.2 Å².